The Hall–Kier alpha value is -1.82. The second kappa shape index (κ2) is 8.58. The first-order chi connectivity index (χ1) is 10.3. The topological polar surface area (TPSA) is 67.4 Å². The van der Waals surface area contributed by atoms with Crippen molar-refractivity contribution in [3.63, 3.8) is 0 Å². The van der Waals surface area contributed by atoms with Crippen LogP contribution in [0.15, 0.2) is 18.2 Å². The molecule has 0 heterocycles. The molecule has 0 unspecified atom stereocenters. The summed E-state index contributed by atoms with van der Waals surface area (Å²) in [6, 6.07) is 3.63. The minimum absolute atomic E-state index is 0.0781. The monoisotopic (exact) mass is 330 g/mol. The van der Waals surface area contributed by atoms with E-state index in [4.69, 9.17) is 16.3 Å². The Morgan fingerprint density at radius 3 is 2.55 bits per heavy atom. The molecule has 0 aromatic heterocycles. The summed E-state index contributed by atoms with van der Waals surface area (Å²) in [5.74, 6) is -0.678. The van der Waals surface area contributed by atoms with Crippen LogP contribution >= 0.6 is 11.6 Å². The molecule has 0 saturated heterocycles. The SMILES string of the molecule is CC(C)CNC(=O)CNC(=O)[C@@H](C)Oc1ccc(F)cc1Cl. The van der Waals surface area contributed by atoms with Crippen molar-refractivity contribution in [2.45, 2.75) is 26.9 Å². The quantitative estimate of drug-likeness (QED) is 0.805. The van der Waals surface area contributed by atoms with Crippen LogP contribution in [-0.2, 0) is 9.59 Å². The van der Waals surface area contributed by atoms with Crippen molar-refractivity contribution < 1.29 is 18.7 Å². The highest BCUT2D eigenvalue weighted by Crippen LogP contribution is 2.25. The van der Waals surface area contributed by atoms with Gasteiger partial charge in [-0.15, -0.1) is 0 Å². The highest BCUT2D eigenvalue weighted by molar-refractivity contribution is 6.32. The highest BCUT2D eigenvalue weighted by Gasteiger charge is 2.17. The Kier molecular flexibility index (Phi) is 7.11. The van der Waals surface area contributed by atoms with Crippen molar-refractivity contribution >= 4 is 23.4 Å². The number of halogens is 2. The Labute approximate surface area is 134 Å². The summed E-state index contributed by atoms with van der Waals surface area (Å²) >= 11 is 5.82. The zero-order valence-electron chi connectivity index (χ0n) is 12.8. The predicted octanol–water partition coefficient (Wildman–Crippen LogP) is 2.13. The lowest BCUT2D eigenvalue weighted by Gasteiger charge is -2.15. The average Bonchev–Trinajstić information content (AvgIpc) is 2.45. The molecular formula is C15H20ClFN2O3. The maximum Gasteiger partial charge on any atom is 0.261 e. The number of amides is 2. The number of rotatable bonds is 7. The minimum Gasteiger partial charge on any atom is -0.479 e. The standard InChI is InChI=1S/C15H20ClFN2O3/c1-9(2)7-18-14(20)8-19-15(21)10(3)22-13-5-4-11(17)6-12(13)16/h4-6,9-10H,7-8H2,1-3H3,(H,18,20)(H,19,21)/t10-/m1/s1. The zero-order chi connectivity index (χ0) is 16.7. The normalized spacial score (nSPS) is 11.9. The molecule has 2 amide bonds. The van der Waals surface area contributed by atoms with Gasteiger partial charge in [-0.2, -0.15) is 0 Å². The van der Waals surface area contributed by atoms with Crippen molar-refractivity contribution in [1.82, 2.24) is 10.6 Å². The number of carbonyl (C=O) groups excluding carboxylic acids is 2. The molecule has 1 atom stereocenters. The smallest absolute Gasteiger partial charge is 0.261 e. The first kappa shape index (κ1) is 18.2. The minimum atomic E-state index is -0.860. The second-order valence-electron chi connectivity index (χ2n) is 5.25. The first-order valence-electron chi connectivity index (χ1n) is 6.95. The van der Waals surface area contributed by atoms with E-state index in [9.17, 15) is 14.0 Å². The van der Waals surface area contributed by atoms with Crippen LogP contribution in [0.2, 0.25) is 5.02 Å². The van der Waals surface area contributed by atoms with Crippen LogP contribution in [0.25, 0.3) is 0 Å². The van der Waals surface area contributed by atoms with Gasteiger partial charge in [0.1, 0.15) is 11.6 Å². The summed E-state index contributed by atoms with van der Waals surface area (Å²) in [5, 5.41) is 5.23. The van der Waals surface area contributed by atoms with Gasteiger partial charge < -0.3 is 15.4 Å². The largest absolute Gasteiger partial charge is 0.479 e. The fourth-order valence-corrected chi connectivity index (χ4v) is 1.72. The van der Waals surface area contributed by atoms with Gasteiger partial charge in [0.15, 0.2) is 6.10 Å². The number of hydrogen-bond donors (Lipinski definition) is 2. The molecule has 0 aliphatic heterocycles. The molecule has 5 nitrogen and oxygen atoms in total. The maximum absolute atomic E-state index is 12.9. The van der Waals surface area contributed by atoms with Crippen LogP contribution in [0.3, 0.4) is 0 Å². The van der Waals surface area contributed by atoms with Gasteiger partial charge in [0.25, 0.3) is 5.91 Å². The molecule has 1 aromatic carbocycles. The van der Waals surface area contributed by atoms with Gasteiger partial charge >= 0.3 is 0 Å². The molecule has 1 rings (SSSR count). The number of ether oxygens (including phenoxy) is 1. The average molecular weight is 331 g/mol. The number of benzene rings is 1. The molecule has 2 N–H and O–H groups in total. The Morgan fingerprint density at radius 2 is 1.95 bits per heavy atom. The van der Waals surface area contributed by atoms with Gasteiger partial charge in [-0.3, -0.25) is 9.59 Å². The van der Waals surface area contributed by atoms with Crippen molar-refractivity contribution in [3.8, 4) is 5.75 Å². The summed E-state index contributed by atoms with van der Waals surface area (Å²) in [5.41, 5.74) is 0. The molecule has 0 saturated carbocycles. The Morgan fingerprint density at radius 1 is 1.27 bits per heavy atom. The summed E-state index contributed by atoms with van der Waals surface area (Å²) in [7, 11) is 0. The van der Waals surface area contributed by atoms with Gasteiger partial charge in [-0.05, 0) is 31.0 Å². The maximum atomic E-state index is 12.9. The molecule has 0 spiro atoms. The molecule has 0 aliphatic carbocycles. The van der Waals surface area contributed by atoms with Gasteiger partial charge in [-0.25, -0.2) is 4.39 Å². The van der Waals surface area contributed by atoms with Crippen molar-refractivity contribution in [2.24, 2.45) is 5.92 Å². The van der Waals surface area contributed by atoms with Crippen LogP contribution in [-0.4, -0.2) is 31.0 Å². The van der Waals surface area contributed by atoms with Gasteiger partial charge in [-0.1, -0.05) is 25.4 Å². The molecule has 1 aromatic rings. The second-order valence-corrected chi connectivity index (χ2v) is 5.66. The fourth-order valence-electron chi connectivity index (χ4n) is 1.51. The van der Waals surface area contributed by atoms with E-state index in [1.807, 2.05) is 13.8 Å². The van der Waals surface area contributed by atoms with Crippen molar-refractivity contribution in [3.05, 3.63) is 29.0 Å². The first-order valence-corrected chi connectivity index (χ1v) is 7.33. The van der Waals surface area contributed by atoms with Gasteiger partial charge in [0, 0.05) is 6.54 Å². The van der Waals surface area contributed by atoms with E-state index in [-0.39, 0.29) is 23.2 Å². The van der Waals surface area contributed by atoms with E-state index < -0.39 is 17.8 Å². The van der Waals surface area contributed by atoms with Gasteiger partial charge in [0.05, 0.1) is 11.6 Å². The van der Waals surface area contributed by atoms with Crippen LogP contribution in [0.5, 0.6) is 5.75 Å². The van der Waals surface area contributed by atoms with Crippen molar-refractivity contribution in [1.29, 1.82) is 0 Å². The Bertz CT molecular complexity index is 538. The number of carbonyl (C=O) groups is 2. The van der Waals surface area contributed by atoms with Crippen LogP contribution in [0.1, 0.15) is 20.8 Å². The lowest BCUT2D eigenvalue weighted by Crippen LogP contribution is -2.43. The molecule has 122 valence electrons. The van der Waals surface area contributed by atoms with Crippen molar-refractivity contribution in [2.75, 3.05) is 13.1 Å². The summed E-state index contributed by atoms with van der Waals surface area (Å²) in [6.07, 6.45) is -0.860. The van der Waals surface area contributed by atoms with E-state index >= 15 is 0 Å². The lowest BCUT2D eigenvalue weighted by atomic mass is 10.2. The third kappa shape index (κ3) is 6.30. The number of hydrogen-bond acceptors (Lipinski definition) is 3. The van der Waals surface area contributed by atoms with Crippen LogP contribution in [0.4, 0.5) is 4.39 Å². The molecule has 0 fully saturated rings. The Balaban J connectivity index is 2.43. The molecule has 0 bridgehead atoms. The van der Waals surface area contributed by atoms with E-state index in [1.165, 1.54) is 19.1 Å². The molecule has 0 aliphatic rings. The summed E-state index contributed by atoms with van der Waals surface area (Å²) < 4.78 is 18.3. The molecule has 0 radical (unpaired) electrons. The van der Waals surface area contributed by atoms with E-state index in [0.717, 1.165) is 6.07 Å². The zero-order valence-corrected chi connectivity index (χ0v) is 13.5. The van der Waals surface area contributed by atoms with E-state index in [1.54, 1.807) is 0 Å². The third-order valence-corrected chi connectivity index (χ3v) is 2.99. The van der Waals surface area contributed by atoms with Crippen LogP contribution < -0.4 is 15.4 Å². The fraction of sp³-hybridized carbons (Fsp3) is 0.467. The summed E-state index contributed by atoms with van der Waals surface area (Å²) in [6.45, 7) is 5.88. The molecule has 22 heavy (non-hydrogen) atoms. The molecule has 7 heteroatoms. The third-order valence-electron chi connectivity index (χ3n) is 2.70. The van der Waals surface area contributed by atoms with Gasteiger partial charge in [0.2, 0.25) is 5.91 Å². The lowest BCUT2D eigenvalue weighted by molar-refractivity contribution is -0.130. The molecular weight excluding hydrogens is 311 g/mol. The highest BCUT2D eigenvalue weighted by atomic mass is 35.5. The van der Waals surface area contributed by atoms with E-state index in [0.29, 0.717) is 12.5 Å². The summed E-state index contributed by atoms with van der Waals surface area (Å²) in [4.78, 5) is 23.3. The van der Waals surface area contributed by atoms with E-state index in [2.05, 4.69) is 10.6 Å². The predicted molar refractivity (Wildman–Crippen MR) is 82.4 cm³/mol. The van der Waals surface area contributed by atoms with Crippen LogP contribution in [0, 0.1) is 11.7 Å². The number of nitrogens with one attached hydrogen (secondary N) is 2.